The number of benzene rings is 1. The van der Waals surface area contributed by atoms with E-state index < -0.39 is 36.0 Å². The highest BCUT2D eigenvalue weighted by atomic mass is 19.2. The van der Waals surface area contributed by atoms with E-state index in [1.807, 2.05) is 0 Å². The Morgan fingerprint density at radius 3 is 2.63 bits per heavy atom. The molecule has 2 N–H and O–H groups in total. The van der Waals surface area contributed by atoms with Crippen molar-refractivity contribution in [1.29, 1.82) is 0 Å². The van der Waals surface area contributed by atoms with Gasteiger partial charge in [0.2, 0.25) is 5.91 Å². The van der Waals surface area contributed by atoms with Gasteiger partial charge in [0.15, 0.2) is 11.6 Å². The van der Waals surface area contributed by atoms with Crippen LogP contribution in [0.25, 0.3) is 0 Å². The van der Waals surface area contributed by atoms with Gasteiger partial charge in [-0.2, -0.15) is 0 Å². The number of hydrogen-bond acceptors (Lipinski definition) is 3. The van der Waals surface area contributed by atoms with Crippen LogP contribution in [0.5, 0.6) is 0 Å². The van der Waals surface area contributed by atoms with E-state index in [0.29, 0.717) is 0 Å². The van der Waals surface area contributed by atoms with Gasteiger partial charge in [-0.05, 0) is 12.1 Å². The lowest BCUT2D eigenvalue weighted by atomic mass is 10.3. The molecule has 0 aromatic heterocycles. The number of imide groups is 1. The second kappa shape index (κ2) is 5.01. The fourth-order valence-corrected chi connectivity index (χ4v) is 1.53. The van der Waals surface area contributed by atoms with Crippen molar-refractivity contribution in [3.05, 3.63) is 29.8 Å². The number of nitrogens with one attached hydrogen (secondary N) is 2. The van der Waals surface area contributed by atoms with Gasteiger partial charge in [0.25, 0.3) is 5.91 Å². The molecule has 1 aromatic carbocycles. The maximum Gasteiger partial charge on any atom is 0.325 e. The monoisotopic (exact) mass is 269 g/mol. The zero-order valence-corrected chi connectivity index (χ0v) is 9.57. The molecule has 0 atom stereocenters. The minimum Gasteiger partial charge on any atom is -0.329 e. The molecule has 8 heteroatoms. The van der Waals surface area contributed by atoms with Gasteiger partial charge in [0, 0.05) is 11.8 Å². The molecule has 1 aliphatic heterocycles. The molecule has 1 aromatic rings. The molecule has 0 spiro atoms. The quantitative estimate of drug-likeness (QED) is 0.782. The van der Waals surface area contributed by atoms with E-state index in [4.69, 9.17) is 0 Å². The zero-order valence-electron chi connectivity index (χ0n) is 9.57. The van der Waals surface area contributed by atoms with Crippen molar-refractivity contribution in [3.63, 3.8) is 0 Å². The third-order valence-corrected chi connectivity index (χ3v) is 2.44. The van der Waals surface area contributed by atoms with E-state index in [-0.39, 0.29) is 12.2 Å². The minimum atomic E-state index is -1.10. The smallest absolute Gasteiger partial charge is 0.325 e. The molecular weight excluding hydrogens is 260 g/mol. The van der Waals surface area contributed by atoms with Crippen molar-refractivity contribution in [2.24, 2.45) is 0 Å². The Labute approximate surface area is 106 Å². The number of carbonyl (C=O) groups excluding carboxylic acids is 3. The number of urea groups is 1. The first-order valence-corrected chi connectivity index (χ1v) is 5.30. The number of carbonyl (C=O) groups is 3. The van der Waals surface area contributed by atoms with Crippen LogP contribution >= 0.6 is 0 Å². The van der Waals surface area contributed by atoms with E-state index in [1.165, 1.54) is 6.07 Å². The molecule has 1 saturated heterocycles. The lowest BCUT2D eigenvalue weighted by Crippen LogP contribution is -2.38. The predicted molar refractivity (Wildman–Crippen MR) is 60.1 cm³/mol. The zero-order chi connectivity index (χ0) is 14.0. The molecule has 0 saturated carbocycles. The highest BCUT2D eigenvalue weighted by Crippen LogP contribution is 2.13. The maximum absolute atomic E-state index is 12.9. The molecule has 0 unspecified atom stereocenters. The Morgan fingerprint density at radius 1 is 1.32 bits per heavy atom. The normalized spacial score (nSPS) is 14.5. The van der Waals surface area contributed by atoms with Gasteiger partial charge in [-0.25, -0.2) is 13.6 Å². The van der Waals surface area contributed by atoms with Crippen molar-refractivity contribution < 1.29 is 23.2 Å². The Bertz CT molecular complexity index is 546. The first kappa shape index (κ1) is 12.9. The summed E-state index contributed by atoms with van der Waals surface area (Å²) in [6, 6.07) is 2.17. The van der Waals surface area contributed by atoms with Crippen LogP contribution in [0.2, 0.25) is 0 Å². The summed E-state index contributed by atoms with van der Waals surface area (Å²) in [5.74, 6) is -3.35. The molecule has 100 valence electrons. The average Bonchev–Trinajstić information content (AvgIpc) is 2.66. The van der Waals surface area contributed by atoms with Crippen LogP contribution in [-0.4, -0.2) is 35.8 Å². The van der Waals surface area contributed by atoms with E-state index in [1.54, 1.807) is 0 Å². The molecule has 6 nitrogen and oxygen atoms in total. The van der Waals surface area contributed by atoms with Gasteiger partial charge < -0.3 is 10.6 Å². The van der Waals surface area contributed by atoms with Crippen molar-refractivity contribution in [3.8, 4) is 0 Å². The van der Waals surface area contributed by atoms with Crippen LogP contribution in [0, 0.1) is 11.6 Å². The summed E-state index contributed by atoms with van der Waals surface area (Å²) in [6.45, 7) is -0.638. The van der Waals surface area contributed by atoms with Gasteiger partial charge in [0.1, 0.15) is 6.54 Å². The van der Waals surface area contributed by atoms with Crippen LogP contribution in [0.1, 0.15) is 0 Å². The van der Waals surface area contributed by atoms with Crippen LogP contribution in [0.3, 0.4) is 0 Å². The Morgan fingerprint density at radius 2 is 2.05 bits per heavy atom. The third-order valence-electron chi connectivity index (χ3n) is 2.44. The Balaban J connectivity index is 1.99. The van der Waals surface area contributed by atoms with Gasteiger partial charge in [-0.15, -0.1) is 0 Å². The van der Waals surface area contributed by atoms with Gasteiger partial charge in [-0.1, -0.05) is 0 Å². The summed E-state index contributed by atoms with van der Waals surface area (Å²) in [5, 5.41) is 4.51. The summed E-state index contributed by atoms with van der Waals surface area (Å²) in [6.07, 6.45) is 0. The highest BCUT2D eigenvalue weighted by Gasteiger charge is 2.30. The van der Waals surface area contributed by atoms with E-state index in [0.717, 1.165) is 17.0 Å². The summed E-state index contributed by atoms with van der Waals surface area (Å²) in [4.78, 5) is 34.7. The van der Waals surface area contributed by atoms with Crippen LogP contribution in [0.4, 0.5) is 19.3 Å². The molecule has 1 heterocycles. The number of amides is 4. The predicted octanol–water partition coefficient (Wildman–Crippen LogP) is 0.455. The Hall–Kier alpha value is -2.51. The van der Waals surface area contributed by atoms with Crippen LogP contribution < -0.4 is 10.6 Å². The molecule has 1 aliphatic rings. The van der Waals surface area contributed by atoms with Crippen LogP contribution in [0.15, 0.2) is 18.2 Å². The number of nitrogens with zero attached hydrogens (tertiary/aromatic N) is 1. The fraction of sp³-hybridized carbons (Fsp3) is 0.182. The number of rotatable bonds is 3. The van der Waals surface area contributed by atoms with Crippen molar-refractivity contribution in [1.82, 2.24) is 10.2 Å². The molecule has 2 rings (SSSR count). The van der Waals surface area contributed by atoms with Gasteiger partial charge >= 0.3 is 6.03 Å². The summed E-state index contributed by atoms with van der Waals surface area (Å²) in [7, 11) is 0. The first-order valence-electron chi connectivity index (χ1n) is 5.30. The van der Waals surface area contributed by atoms with Gasteiger partial charge in [-0.3, -0.25) is 14.5 Å². The molecule has 1 fully saturated rings. The molecule has 4 amide bonds. The summed E-state index contributed by atoms with van der Waals surface area (Å²) in [5.41, 5.74) is 0.0379. The number of hydrogen-bond donors (Lipinski definition) is 2. The minimum absolute atomic E-state index is 0.0379. The van der Waals surface area contributed by atoms with Gasteiger partial charge in [0.05, 0.1) is 6.54 Å². The Kier molecular flexibility index (Phi) is 3.41. The summed E-state index contributed by atoms with van der Waals surface area (Å²) < 4.78 is 25.6. The van der Waals surface area contributed by atoms with Crippen molar-refractivity contribution in [2.45, 2.75) is 0 Å². The molecule has 0 aliphatic carbocycles. The van der Waals surface area contributed by atoms with E-state index >= 15 is 0 Å². The third kappa shape index (κ3) is 2.84. The average molecular weight is 269 g/mol. The molecule has 19 heavy (non-hydrogen) atoms. The largest absolute Gasteiger partial charge is 0.329 e. The number of halogens is 2. The molecular formula is C11H9F2N3O3. The highest BCUT2D eigenvalue weighted by molar-refractivity contribution is 6.06. The molecule has 0 radical (unpaired) electrons. The lowest BCUT2D eigenvalue weighted by Gasteiger charge is -2.12. The number of anilines is 1. The van der Waals surface area contributed by atoms with Crippen LogP contribution in [-0.2, 0) is 9.59 Å². The van der Waals surface area contributed by atoms with Crippen molar-refractivity contribution in [2.75, 3.05) is 18.4 Å². The SMILES string of the molecule is O=C(CN1C(=O)CNC1=O)Nc1ccc(F)c(F)c1. The van der Waals surface area contributed by atoms with Crippen molar-refractivity contribution >= 4 is 23.5 Å². The standard InChI is InChI=1S/C11H9F2N3O3/c12-7-2-1-6(3-8(7)13)15-9(17)5-16-10(18)4-14-11(16)19/h1-3H,4-5H2,(H,14,19)(H,15,17). The molecule has 0 bridgehead atoms. The van der Waals surface area contributed by atoms with E-state index in [2.05, 4.69) is 10.6 Å². The maximum atomic E-state index is 12.9. The lowest BCUT2D eigenvalue weighted by molar-refractivity contribution is -0.128. The second-order valence-corrected chi connectivity index (χ2v) is 3.82. The van der Waals surface area contributed by atoms with E-state index in [9.17, 15) is 23.2 Å². The summed E-state index contributed by atoms with van der Waals surface area (Å²) >= 11 is 0. The topological polar surface area (TPSA) is 78.5 Å². The second-order valence-electron chi connectivity index (χ2n) is 3.82. The first-order chi connectivity index (χ1) is 8.97. The fourth-order valence-electron chi connectivity index (χ4n) is 1.53.